The number of amides is 1. The number of nitrogens with two attached hydrogens (primary N) is 1. The summed E-state index contributed by atoms with van der Waals surface area (Å²) in [6.07, 6.45) is 2.08. The van der Waals surface area contributed by atoms with Crippen LogP contribution in [-0.2, 0) is 6.42 Å². The minimum atomic E-state index is -0.757. The molecule has 1 amide bonds. The Labute approximate surface area is 128 Å². The van der Waals surface area contributed by atoms with Gasteiger partial charge in [-0.1, -0.05) is 12.1 Å². The molecule has 2 rings (SSSR count). The second-order valence-corrected chi connectivity index (χ2v) is 6.37. The predicted molar refractivity (Wildman–Crippen MR) is 84.0 cm³/mol. The normalized spacial score (nSPS) is 19.4. The average molecular weight is 310 g/mol. The number of hydrogen-bond donors (Lipinski definition) is 3. The number of carbonyl (C=O) groups excluding carboxylic acids is 1. The zero-order chi connectivity index (χ0) is 15.5. The maximum atomic E-state index is 12.6. The summed E-state index contributed by atoms with van der Waals surface area (Å²) in [7, 11) is 2.02. The number of likely N-dealkylation sites (tertiary alicyclic amines) is 1. The quantitative estimate of drug-likeness (QED) is 0.338. The molecule has 0 unspecified atom stereocenters. The van der Waals surface area contributed by atoms with Crippen molar-refractivity contribution in [3.8, 4) is 0 Å². The molecule has 0 bridgehead atoms. The van der Waals surface area contributed by atoms with Crippen molar-refractivity contribution in [3.63, 3.8) is 0 Å². The van der Waals surface area contributed by atoms with Crippen molar-refractivity contribution in [3.05, 3.63) is 21.9 Å². The van der Waals surface area contributed by atoms with Crippen LogP contribution in [0.1, 0.15) is 35.0 Å². The Bertz CT molecular complexity index is 533. The lowest BCUT2D eigenvalue weighted by molar-refractivity contribution is 0.0889. The number of hydrogen-bond acceptors (Lipinski definition) is 5. The van der Waals surface area contributed by atoms with Gasteiger partial charge in [0.05, 0.1) is 4.88 Å². The summed E-state index contributed by atoms with van der Waals surface area (Å²) in [6, 6.07) is 1.96. The van der Waals surface area contributed by atoms with Crippen LogP contribution in [0.5, 0.6) is 0 Å². The van der Waals surface area contributed by atoms with E-state index in [1.807, 2.05) is 25.4 Å². The van der Waals surface area contributed by atoms with Crippen LogP contribution >= 0.6 is 11.3 Å². The van der Waals surface area contributed by atoms with Crippen molar-refractivity contribution < 1.29 is 10.0 Å². The molecule has 21 heavy (non-hydrogen) atoms. The van der Waals surface area contributed by atoms with E-state index in [1.165, 1.54) is 11.3 Å². The fourth-order valence-corrected chi connectivity index (χ4v) is 3.52. The summed E-state index contributed by atoms with van der Waals surface area (Å²) < 4.78 is 0. The van der Waals surface area contributed by atoms with Crippen LogP contribution in [0.3, 0.4) is 0 Å². The van der Waals surface area contributed by atoms with Crippen LogP contribution < -0.4 is 11.1 Å². The van der Waals surface area contributed by atoms with Gasteiger partial charge >= 0.3 is 0 Å². The highest BCUT2D eigenvalue weighted by Crippen LogP contribution is 2.24. The highest BCUT2D eigenvalue weighted by atomic mass is 32.1. The van der Waals surface area contributed by atoms with Crippen LogP contribution in [0.15, 0.2) is 16.6 Å². The summed E-state index contributed by atoms with van der Waals surface area (Å²) in [5.41, 5.74) is 6.14. The lowest BCUT2D eigenvalue weighted by atomic mass is 9.86. The van der Waals surface area contributed by atoms with Gasteiger partial charge in [0.2, 0.25) is 0 Å². The molecule has 0 spiro atoms. The zero-order valence-electron chi connectivity index (χ0n) is 12.4. The Hall–Kier alpha value is -1.60. The summed E-state index contributed by atoms with van der Waals surface area (Å²) >= 11 is 1.42. The second-order valence-electron chi connectivity index (χ2n) is 5.45. The number of amidine groups is 1. The topological polar surface area (TPSA) is 91.0 Å². The Morgan fingerprint density at radius 1 is 1.57 bits per heavy atom. The third kappa shape index (κ3) is 3.19. The number of aryl methyl sites for hydroxylation is 1. The molecule has 1 saturated heterocycles. The number of carbonyl (C=O) groups is 1. The first-order valence-electron chi connectivity index (χ1n) is 7.08. The van der Waals surface area contributed by atoms with Gasteiger partial charge in [-0.05, 0) is 43.3 Å². The van der Waals surface area contributed by atoms with E-state index in [0.717, 1.165) is 25.1 Å². The van der Waals surface area contributed by atoms with Crippen molar-refractivity contribution in [1.29, 1.82) is 0 Å². The molecule has 1 aromatic rings. The van der Waals surface area contributed by atoms with E-state index in [9.17, 15) is 4.79 Å². The van der Waals surface area contributed by atoms with Gasteiger partial charge < -0.3 is 21.2 Å². The molecule has 1 aliphatic rings. The van der Waals surface area contributed by atoms with Crippen LogP contribution in [0.25, 0.3) is 0 Å². The van der Waals surface area contributed by atoms with E-state index in [1.54, 1.807) is 0 Å². The number of nitrogens with one attached hydrogen (secondary N) is 1. The molecule has 1 aliphatic heterocycles. The van der Waals surface area contributed by atoms with Gasteiger partial charge in [0.1, 0.15) is 5.54 Å². The fraction of sp³-hybridized carbons (Fsp3) is 0.571. The molecule has 116 valence electrons. The van der Waals surface area contributed by atoms with Crippen LogP contribution in [0.4, 0.5) is 0 Å². The number of thiophene rings is 1. The zero-order valence-corrected chi connectivity index (χ0v) is 13.2. The van der Waals surface area contributed by atoms with Crippen LogP contribution in [-0.4, -0.2) is 47.5 Å². The maximum absolute atomic E-state index is 12.6. The monoisotopic (exact) mass is 310 g/mol. The summed E-state index contributed by atoms with van der Waals surface area (Å²) in [5, 5.41) is 17.1. The molecule has 0 saturated carbocycles. The molecule has 0 radical (unpaired) electrons. The molecule has 0 atom stereocenters. The standard InChI is InChI=1S/C14H22N4O2S/c1-3-10-4-9-21-11(10)12(19)16-14(13(15)17-20)5-7-18(2)8-6-14/h4,9,20H,3,5-8H2,1-2H3,(H2,15,17)(H,16,19). The third-order valence-corrected chi connectivity index (χ3v) is 5.08. The van der Waals surface area contributed by atoms with Gasteiger partial charge in [-0.3, -0.25) is 4.79 Å². The molecule has 2 heterocycles. The van der Waals surface area contributed by atoms with E-state index in [4.69, 9.17) is 10.9 Å². The Balaban J connectivity index is 2.22. The number of rotatable bonds is 4. The van der Waals surface area contributed by atoms with Crippen molar-refractivity contribution in [1.82, 2.24) is 10.2 Å². The molecular formula is C14H22N4O2S. The first kappa shape index (κ1) is 15.8. The van der Waals surface area contributed by atoms with Gasteiger partial charge in [-0.25, -0.2) is 0 Å². The third-order valence-electron chi connectivity index (χ3n) is 4.13. The lowest BCUT2D eigenvalue weighted by Crippen LogP contribution is -2.62. The molecule has 1 aromatic heterocycles. The number of piperidine rings is 1. The first-order valence-corrected chi connectivity index (χ1v) is 7.96. The molecule has 1 fully saturated rings. The van der Waals surface area contributed by atoms with Crippen molar-refractivity contribution in [2.45, 2.75) is 31.7 Å². The van der Waals surface area contributed by atoms with Crippen LogP contribution in [0.2, 0.25) is 0 Å². The summed E-state index contributed by atoms with van der Waals surface area (Å²) in [4.78, 5) is 15.4. The fourth-order valence-electron chi connectivity index (χ4n) is 2.63. The second kappa shape index (κ2) is 6.44. The van der Waals surface area contributed by atoms with E-state index < -0.39 is 5.54 Å². The molecule has 0 aliphatic carbocycles. The molecule has 7 heteroatoms. The Morgan fingerprint density at radius 2 is 2.24 bits per heavy atom. The highest BCUT2D eigenvalue weighted by molar-refractivity contribution is 7.12. The molecule has 6 nitrogen and oxygen atoms in total. The first-order chi connectivity index (χ1) is 10.0. The van der Waals surface area contributed by atoms with Gasteiger partial charge in [-0.2, -0.15) is 0 Å². The van der Waals surface area contributed by atoms with Crippen molar-refractivity contribution >= 4 is 23.1 Å². The van der Waals surface area contributed by atoms with Gasteiger partial charge in [0.15, 0.2) is 5.84 Å². The SMILES string of the molecule is CCc1ccsc1C(=O)NC1(/C(N)=N/O)CCN(C)CC1. The maximum Gasteiger partial charge on any atom is 0.262 e. The summed E-state index contributed by atoms with van der Waals surface area (Å²) in [6.45, 7) is 3.61. The van der Waals surface area contributed by atoms with Crippen LogP contribution in [0, 0.1) is 0 Å². The van der Waals surface area contributed by atoms with E-state index in [2.05, 4.69) is 15.4 Å². The minimum absolute atomic E-state index is 0.0820. The van der Waals surface area contributed by atoms with Gasteiger partial charge in [-0.15, -0.1) is 11.3 Å². The van der Waals surface area contributed by atoms with E-state index >= 15 is 0 Å². The molecule has 0 aromatic carbocycles. The van der Waals surface area contributed by atoms with Gasteiger partial charge in [0.25, 0.3) is 5.91 Å². The van der Waals surface area contributed by atoms with Gasteiger partial charge in [0, 0.05) is 13.1 Å². The highest BCUT2D eigenvalue weighted by Gasteiger charge is 2.40. The predicted octanol–water partition coefficient (Wildman–Crippen LogP) is 1.25. The number of oxime groups is 1. The Kier molecular flexibility index (Phi) is 4.84. The molecular weight excluding hydrogens is 288 g/mol. The van der Waals surface area contributed by atoms with E-state index in [0.29, 0.717) is 17.7 Å². The average Bonchev–Trinajstić information content (AvgIpc) is 2.97. The van der Waals surface area contributed by atoms with E-state index in [-0.39, 0.29) is 11.7 Å². The smallest absolute Gasteiger partial charge is 0.262 e. The molecule has 4 N–H and O–H groups in total. The summed E-state index contributed by atoms with van der Waals surface area (Å²) in [5.74, 6) is -0.0587. The Morgan fingerprint density at radius 3 is 2.81 bits per heavy atom. The largest absolute Gasteiger partial charge is 0.409 e. The lowest BCUT2D eigenvalue weighted by Gasteiger charge is -2.40. The number of nitrogens with zero attached hydrogens (tertiary/aromatic N) is 2. The van der Waals surface area contributed by atoms with Crippen molar-refractivity contribution in [2.24, 2.45) is 10.9 Å². The van der Waals surface area contributed by atoms with Crippen molar-refractivity contribution in [2.75, 3.05) is 20.1 Å². The minimum Gasteiger partial charge on any atom is -0.409 e.